The van der Waals surface area contributed by atoms with Crippen LogP contribution in [-0.2, 0) is 13.0 Å². The molecular formula is C23H25N3O. The lowest BCUT2D eigenvalue weighted by Crippen LogP contribution is -2.24. The molecule has 0 spiro atoms. The maximum Gasteiger partial charge on any atom is 0.251 e. The number of amides is 1. The molecular weight excluding hydrogens is 334 g/mol. The van der Waals surface area contributed by atoms with Gasteiger partial charge in [0, 0.05) is 18.5 Å². The van der Waals surface area contributed by atoms with Crippen LogP contribution < -0.4 is 5.32 Å². The fraction of sp³-hybridized carbons (Fsp3) is 0.304. The molecule has 1 N–H and O–H groups in total. The number of unbranched alkanes of at least 4 members (excludes halogenated alkanes) is 2. The Kier molecular flexibility index (Phi) is 6.27. The van der Waals surface area contributed by atoms with Gasteiger partial charge in [0.2, 0.25) is 0 Å². The number of hydrogen-bond acceptors (Lipinski definition) is 2. The van der Waals surface area contributed by atoms with E-state index in [0.717, 1.165) is 53.7 Å². The van der Waals surface area contributed by atoms with Crippen molar-refractivity contribution >= 4 is 16.9 Å². The summed E-state index contributed by atoms with van der Waals surface area (Å²) in [7, 11) is 0. The van der Waals surface area contributed by atoms with Crippen LogP contribution in [0.3, 0.4) is 0 Å². The first kappa shape index (κ1) is 18.7. The van der Waals surface area contributed by atoms with Crippen LogP contribution in [0.15, 0.2) is 48.5 Å². The van der Waals surface area contributed by atoms with Crippen molar-refractivity contribution in [3.05, 3.63) is 65.5 Å². The van der Waals surface area contributed by atoms with Crippen LogP contribution in [-0.4, -0.2) is 22.0 Å². The summed E-state index contributed by atoms with van der Waals surface area (Å²) >= 11 is 0. The van der Waals surface area contributed by atoms with E-state index in [0.29, 0.717) is 13.1 Å². The van der Waals surface area contributed by atoms with Crippen molar-refractivity contribution in [3.63, 3.8) is 0 Å². The predicted molar refractivity (Wildman–Crippen MR) is 110 cm³/mol. The van der Waals surface area contributed by atoms with Crippen molar-refractivity contribution in [3.8, 4) is 12.3 Å². The highest BCUT2D eigenvalue weighted by molar-refractivity contribution is 5.94. The average molecular weight is 359 g/mol. The monoisotopic (exact) mass is 359 g/mol. The normalized spacial score (nSPS) is 10.7. The molecule has 0 bridgehead atoms. The summed E-state index contributed by atoms with van der Waals surface area (Å²) in [4.78, 5) is 16.8. The molecule has 4 heteroatoms. The smallest absolute Gasteiger partial charge is 0.251 e. The summed E-state index contributed by atoms with van der Waals surface area (Å²) in [5.41, 5.74) is 3.90. The maximum atomic E-state index is 12.1. The highest BCUT2D eigenvalue weighted by atomic mass is 16.1. The van der Waals surface area contributed by atoms with Gasteiger partial charge in [-0.3, -0.25) is 4.79 Å². The van der Waals surface area contributed by atoms with Crippen molar-refractivity contribution < 1.29 is 4.79 Å². The van der Waals surface area contributed by atoms with Crippen LogP contribution in [0.2, 0.25) is 0 Å². The van der Waals surface area contributed by atoms with E-state index in [-0.39, 0.29) is 5.91 Å². The number of fused-ring (bicyclic) bond motifs is 1. The predicted octanol–water partition coefficient (Wildman–Crippen LogP) is 4.12. The summed E-state index contributed by atoms with van der Waals surface area (Å²) in [5, 5.41) is 2.99. The number of nitrogens with zero attached hydrogens (tertiary/aromatic N) is 2. The average Bonchev–Trinajstić information content (AvgIpc) is 3.02. The van der Waals surface area contributed by atoms with Crippen LogP contribution in [0.1, 0.15) is 41.0 Å². The number of benzene rings is 2. The Morgan fingerprint density at radius 3 is 2.81 bits per heavy atom. The van der Waals surface area contributed by atoms with Gasteiger partial charge in [-0.15, -0.1) is 6.42 Å². The summed E-state index contributed by atoms with van der Waals surface area (Å²) in [5.74, 6) is 3.76. The minimum absolute atomic E-state index is 0.00508. The van der Waals surface area contributed by atoms with Gasteiger partial charge < -0.3 is 9.88 Å². The van der Waals surface area contributed by atoms with E-state index in [9.17, 15) is 4.79 Å². The van der Waals surface area contributed by atoms with Crippen molar-refractivity contribution in [2.45, 2.75) is 39.2 Å². The molecule has 1 aromatic heterocycles. The molecule has 138 valence electrons. The van der Waals surface area contributed by atoms with E-state index < -0.39 is 0 Å². The first-order chi connectivity index (χ1) is 13.2. The lowest BCUT2D eigenvalue weighted by Gasteiger charge is -2.07. The number of rotatable bonds is 8. The standard InChI is InChI=1S/C23H25N3O/c1-3-16-26-21-13-7-6-12-20(21)25-22(26)14-5-4-8-15-24-23(27)19-11-9-10-18(2)17-19/h1,6-7,9-13,17H,4-5,8,14-16H2,2H3,(H,24,27). The third-order valence-electron chi connectivity index (χ3n) is 4.63. The van der Waals surface area contributed by atoms with E-state index in [1.165, 1.54) is 0 Å². The third-order valence-corrected chi connectivity index (χ3v) is 4.63. The molecule has 0 aliphatic carbocycles. The van der Waals surface area contributed by atoms with Crippen molar-refractivity contribution in [2.24, 2.45) is 0 Å². The van der Waals surface area contributed by atoms with Crippen molar-refractivity contribution in [1.29, 1.82) is 0 Å². The van der Waals surface area contributed by atoms with E-state index in [1.54, 1.807) is 0 Å². The third kappa shape index (κ3) is 4.77. The largest absolute Gasteiger partial charge is 0.352 e. The molecule has 0 saturated carbocycles. The number of nitrogens with one attached hydrogen (secondary N) is 1. The molecule has 0 saturated heterocycles. The quantitative estimate of drug-likeness (QED) is 0.486. The molecule has 1 amide bonds. The molecule has 0 fully saturated rings. The summed E-state index contributed by atoms with van der Waals surface area (Å²) in [6, 6.07) is 15.7. The number of aromatic nitrogens is 2. The molecule has 4 nitrogen and oxygen atoms in total. The Labute approximate surface area is 160 Å². The molecule has 0 aliphatic heterocycles. The molecule has 2 aromatic carbocycles. The SMILES string of the molecule is C#CCn1c(CCCCCNC(=O)c2cccc(C)c2)nc2ccccc21. The van der Waals surface area contributed by atoms with Gasteiger partial charge in [0.1, 0.15) is 5.82 Å². The summed E-state index contributed by atoms with van der Waals surface area (Å²) in [6.07, 6.45) is 9.42. The maximum absolute atomic E-state index is 12.1. The van der Waals surface area contributed by atoms with Gasteiger partial charge in [-0.1, -0.05) is 42.2 Å². The van der Waals surface area contributed by atoms with Gasteiger partial charge in [-0.05, 0) is 44.0 Å². The number of hydrogen-bond donors (Lipinski definition) is 1. The first-order valence-electron chi connectivity index (χ1n) is 9.41. The van der Waals surface area contributed by atoms with E-state index in [1.807, 2.05) is 49.4 Å². The number of para-hydroxylation sites is 2. The number of carbonyl (C=O) groups is 1. The first-order valence-corrected chi connectivity index (χ1v) is 9.41. The van der Waals surface area contributed by atoms with E-state index in [4.69, 9.17) is 11.4 Å². The van der Waals surface area contributed by atoms with E-state index in [2.05, 4.69) is 21.9 Å². The molecule has 27 heavy (non-hydrogen) atoms. The minimum atomic E-state index is -0.00508. The van der Waals surface area contributed by atoms with E-state index >= 15 is 0 Å². The van der Waals surface area contributed by atoms with Crippen LogP contribution in [0.4, 0.5) is 0 Å². The second-order valence-electron chi connectivity index (χ2n) is 6.74. The van der Waals surface area contributed by atoms with Gasteiger partial charge in [-0.25, -0.2) is 4.98 Å². The Hall–Kier alpha value is -3.06. The zero-order chi connectivity index (χ0) is 19.1. The Morgan fingerprint density at radius 1 is 1.15 bits per heavy atom. The highest BCUT2D eigenvalue weighted by Crippen LogP contribution is 2.17. The number of terminal acetylenes is 1. The van der Waals surface area contributed by atoms with Crippen LogP contribution >= 0.6 is 0 Å². The molecule has 1 heterocycles. The van der Waals surface area contributed by atoms with Gasteiger partial charge in [0.05, 0.1) is 17.6 Å². The molecule has 0 atom stereocenters. The van der Waals surface area contributed by atoms with Crippen LogP contribution in [0.25, 0.3) is 11.0 Å². The molecule has 0 unspecified atom stereocenters. The van der Waals surface area contributed by atoms with Gasteiger partial charge in [0.15, 0.2) is 0 Å². The zero-order valence-corrected chi connectivity index (χ0v) is 15.7. The van der Waals surface area contributed by atoms with Crippen LogP contribution in [0.5, 0.6) is 0 Å². The lowest BCUT2D eigenvalue weighted by molar-refractivity contribution is 0.0953. The fourth-order valence-electron chi connectivity index (χ4n) is 3.26. The number of imidazole rings is 1. The van der Waals surface area contributed by atoms with Crippen molar-refractivity contribution in [1.82, 2.24) is 14.9 Å². The Bertz CT molecular complexity index is 965. The minimum Gasteiger partial charge on any atom is -0.352 e. The molecule has 3 rings (SSSR count). The molecule has 0 radical (unpaired) electrons. The molecule has 3 aromatic rings. The van der Waals surface area contributed by atoms with Gasteiger partial charge >= 0.3 is 0 Å². The number of aryl methyl sites for hydroxylation is 2. The fourth-order valence-corrected chi connectivity index (χ4v) is 3.26. The number of carbonyl (C=O) groups excluding carboxylic acids is 1. The second-order valence-corrected chi connectivity index (χ2v) is 6.74. The lowest BCUT2D eigenvalue weighted by atomic mass is 10.1. The van der Waals surface area contributed by atoms with Gasteiger partial charge in [-0.2, -0.15) is 0 Å². The van der Waals surface area contributed by atoms with Crippen molar-refractivity contribution in [2.75, 3.05) is 6.54 Å². The zero-order valence-electron chi connectivity index (χ0n) is 15.7. The summed E-state index contributed by atoms with van der Waals surface area (Å²) < 4.78 is 2.12. The Balaban J connectivity index is 1.45. The summed E-state index contributed by atoms with van der Waals surface area (Å²) in [6.45, 7) is 3.22. The van der Waals surface area contributed by atoms with Gasteiger partial charge in [0.25, 0.3) is 5.91 Å². The highest BCUT2D eigenvalue weighted by Gasteiger charge is 2.09. The van der Waals surface area contributed by atoms with Crippen LogP contribution in [0, 0.1) is 19.3 Å². The Morgan fingerprint density at radius 2 is 2.00 bits per heavy atom. The molecule has 0 aliphatic rings. The second kappa shape index (κ2) is 9.05. The topological polar surface area (TPSA) is 46.9 Å².